The van der Waals surface area contributed by atoms with Gasteiger partial charge in [0.05, 0.1) is 17.6 Å². The average molecular weight is 325 g/mol. The number of benzene rings is 2. The number of imidazole rings is 1. The number of nitro benzene ring substituents is 1. The zero-order chi connectivity index (χ0) is 16.9. The van der Waals surface area contributed by atoms with Crippen LogP contribution < -0.4 is 9.47 Å². The van der Waals surface area contributed by atoms with Gasteiger partial charge in [-0.05, 0) is 17.7 Å². The van der Waals surface area contributed by atoms with Gasteiger partial charge in [0.2, 0.25) is 5.75 Å². The molecule has 0 radical (unpaired) electrons. The van der Waals surface area contributed by atoms with Crippen molar-refractivity contribution in [2.45, 2.75) is 6.61 Å². The highest BCUT2D eigenvalue weighted by Crippen LogP contribution is 2.43. The van der Waals surface area contributed by atoms with Crippen LogP contribution in [0.1, 0.15) is 5.56 Å². The molecule has 7 heteroatoms. The standard InChI is InChI=1S/C17H15N3O4/c1-23-16-14(24-11-12-5-3-2-4-6-12)8-7-13(15(16)20(21)22)17-18-9-10-19-17/h2-10H,11H2,1H3,(H,18,19). The number of aromatic nitrogens is 2. The van der Waals surface area contributed by atoms with Crippen LogP contribution in [0.25, 0.3) is 11.4 Å². The van der Waals surface area contributed by atoms with Gasteiger partial charge in [0.1, 0.15) is 12.4 Å². The van der Waals surface area contributed by atoms with Gasteiger partial charge < -0.3 is 14.5 Å². The first-order chi connectivity index (χ1) is 11.7. The molecular weight excluding hydrogens is 310 g/mol. The van der Waals surface area contributed by atoms with Crippen molar-refractivity contribution in [3.05, 3.63) is 70.5 Å². The van der Waals surface area contributed by atoms with Gasteiger partial charge in [0, 0.05) is 12.4 Å². The van der Waals surface area contributed by atoms with Crippen molar-refractivity contribution in [3.63, 3.8) is 0 Å². The van der Waals surface area contributed by atoms with E-state index in [-0.39, 0.29) is 18.0 Å². The monoisotopic (exact) mass is 325 g/mol. The van der Waals surface area contributed by atoms with E-state index in [9.17, 15) is 10.1 Å². The molecule has 0 spiro atoms. The number of ether oxygens (including phenoxy) is 2. The maximum Gasteiger partial charge on any atom is 0.325 e. The normalized spacial score (nSPS) is 10.4. The number of nitrogens with one attached hydrogen (secondary N) is 1. The fraction of sp³-hybridized carbons (Fsp3) is 0.118. The van der Waals surface area contributed by atoms with Crippen LogP contribution in [-0.2, 0) is 6.61 Å². The Morgan fingerprint density at radius 3 is 2.62 bits per heavy atom. The highest BCUT2D eigenvalue weighted by molar-refractivity contribution is 5.76. The largest absolute Gasteiger partial charge is 0.488 e. The lowest BCUT2D eigenvalue weighted by molar-refractivity contribution is -0.385. The van der Waals surface area contributed by atoms with Crippen LogP contribution in [0, 0.1) is 10.1 Å². The third kappa shape index (κ3) is 3.05. The minimum absolute atomic E-state index is 0.0739. The van der Waals surface area contributed by atoms with Gasteiger partial charge in [-0.15, -0.1) is 0 Å². The molecule has 1 aromatic heterocycles. The third-order valence-corrected chi connectivity index (χ3v) is 3.47. The third-order valence-electron chi connectivity index (χ3n) is 3.47. The molecule has 1 heterocycles. The number of methoxy groups -OCH3 is 1. The summed E-state index contributed by atoms with van der Waals surface area (Å²) in [4.78, 5) is 18.0. The molecule has 0 unspecified atom stereocenters. The van der Waals surface area contributed by atoms with Gasteiger partial charge in [-0.1, -0.05) is 30.3 Å². The molecule has 1 N–H and O–H groups in total. The van der Waals surface area contributed by atoms with E-state index in [1.165, 1.54) is 13.3 Å². The highest BCUT2D eigenvalue weighted by atomic mass is 16.6. The summed E-state index contributed by atoms with van der Waals surface area (Å²) in [5.74, 6) is 0.780. The molecule has 122 valence electrons. The van der Waals surface area contributed by atoms with Crippen LogP contribution in [0.5, 0.6) is 11.5 Å². The summed E-state index contributed by atoms with van der Waals surface area (Å²) in [6.45, 7) is 0.286. The Morgan fingerprint density at radius 2 is 2.00 bits per heavy atom. The summed E-state index contributed by atoms with van der Waals surface area (Å²) in [5.41, 5.74) is 1.12. The molecule has 0 bridgehead atoms. The van der Waals surface area contributed by atoms with Crippen LogP contribution in [-0.4, -0.2) is 22.0 Å². The van der Waals surface area contributed by atoms with E-state index in [1.807, 2.05) is 30.3 Å². The fourth-order valence-corrected chi connectivity index (χ4v) is 2.38. The van der Waals surface area contributed by atoms with Crippen LogP contribution >= 0.6 is 0 Å². The van der Waals surface area contributed by atoms with Crippen molar-refractivity contribution in [3.8, 4) is 22.9 Å². The molecule has 0 aliphatic rings. The number of rotatable bonds is 6. The molecule has 0 saturated heterocycles. The van der Waals surface area contributed by atoms with E-state index >= 15 is 0 Å². The summed E-state index contributed by atoms with van der Waals surface area (Å²) in [6.07, 6.45) is 3.14. The van der Waals surface area contributed by atoms with Crippen LogP contribution in [0.3, 0.4) is 0 Å². The summed E-state index contributed by atoms with van der Waals surface area (Å²) in [5, 5.41) is 11.6. The molecule has 3 rings (SSSR count). The lowest BCUT2D eigenvalue weighted by Crippen LogP contribution is -2.02. The summed E-state index contributed by atoms with van der Waals surface area (Å²) in [6, 6.07) is 12.8. The van der Waals surface area contributed by atoms with E-state index < -0.39 is 4.92 Å². The van der Waals surface area contributed by atoms with Gasteiger partial charge in [-0.3, -0.25) is 10.1 Å². The van der Waals surface area contributed by atoms with E-state index in [0.29, 0.717) is 17.1 Å². The molecule has 24 heavy (non-hydrogen) atoms. The van der Waals surface area contributed by atoms with Gasteiger partial charge in [0.25, 0.3) is 0 Å². The second-order valence-electron chi connectivity index (χ2n) is 4.96. The van der Waals surface area contributed by atoms with Crippen molar-refractivity contribution in [1.29, 1.82) is 0 Å². The number of hydrogen-bond acceptors (Lipinski definition) is 5. The second-order valence-corrected chi connectivity index (χ2v) is 4.96. The smallest absolute Gasteiger partial charge is 0.325 e. The summed E-state index contributed by atoms with van der Waals surface area (Å²) >= 11 is 0. The molecule has 0 amide bonds. The van der Waals surface area contributed by atoms with E-state index in [4.69, 9.17) is 9.47 Å². The highest BCUT2D eigenvalue weighted by Gasteiger charge is 2.27. The number of nitro groups is 1. The molecule has 3 aromatic rings. The minimum Gasteiger partial charge on any atom is -0.488 e. The Balaban J connectivity index is 1.98. The molecule has 7 nitrogen and oxygen atoms in total. The first-order valence-electron chi connectivity index (χ1n) is 7.22. The van der Waals surface area contributed by atoms with Gasteiger partial charge >= 0.3 is 5.69 Å². The van der Waals surface area contributed by atoms with Crippen molar-refractivity contribution in [2.75, 3.05) is 7.11 Å². The van der Waals surface area contributed by atoms with Crippen molar-refractivity contribution >= 4 is 5.69 Å². The Kier molecular flexibility index (Phi) is 4.42. The Morgan fingerprint density at radius 1 is 1.21 bits per heavy atom. The number of hydrogen-bond donors (Lipinski definition) is 1. The Bertz CT molecular complexity index is 833. The average Bonchev–Trinajstić information content (AvgIpc) is 3.14. The lowest BCUT2D eigenvalue weighted by atomic mass is 10.1. The van der Waals surface area contributed by atoms with E-state index in [1.54, 1.807) is 18.3 Å². The van der Waals surface area contributed by atoms with E-state index in [0.717, 1.165) is 5.56 Å². The lowest BCUT2D eigenvalue weighted by Gasteiger charge is -2.12. The maximum absolute atomic E-state index is 11.6. The fourth-order valence-electron chi connectivity index (χ4n) is 2.38. The first kappa shape index (κ1) is 15.5. The van der Waals surface area contributed by atoms with Crippen molar-refractivity contribution in [1.82, 2.24) is 9.97 Å². The Hall–Kier alpha value is -3.35. The molecule has 2 aromatic carbocycles. The van der Waals surface area contributed by atoms with Crippen LogP contribution in [0.15, 0.2) is 54.9 Å². The maximum atomic E-state index is 11.6. The zero-order valence-corrected chi connectivity index (χ0v) is 12.9. The number of H-pyrrole nitrogens is 1. The van der Waals surface area contributed by atoms with Crippen molar-refractivity contribution < 1.29 is 14.4 Å². The molecule has 0 aliphatic heterocycles. The summed E-state index contributed by atoms with van der Waals surface area (Å²) in [7, 11) is 1.38. The summed E-state index contributed by atoms with van der Waals surface area (Å²) < 4.78 is 11.0. The number of nitrogens with zero attached hydrogens (tertiary/aromatic N) is 2. The quantitative estimate of drug-likeness (QED) is 0.552. The predicted molar refractivity (Wildman–Crippen MR) is 88.0 cm³/mol. The molecule has 0 saturated carbocycles. The van der Waals surface area contributed by atoms with Gasteiger partial charge in [-0.25, -0.2) is 4.98 Å². The van der Waals surface area contributed by atoms with Gasteiger partial charge in [-0.2, -0.15) is 0 Å². The van der Waals surface area contributed by atoms with Gasteiger partial charge in [0.15, 0.2) is 5.75 Å². The topological polar surface area (TPSA) is 90.3 Å². The number of aromatic amines is 1. The molecule has 0 fully saturated rings. The molecular formula is C17H15N3O4. The van der Waals surface area contributed by atoms with Crippen molar-refractivity contribution in [2.24, 2.45) is 0 Å². The Labute approximate surface area is 138 Å². The first-order valence-corrected chi connectivity index (χ1v) is 7.22. The zero-order valence-electron chi connectivity index (χ0n) is 12.9. The molecule has 0 aliphatic carbocycles. The predicted octanol–water partition coefficient (Wildman–Crippen LogP) is 3.57. The van der Waals surface area contributed by atoms with E-state index in [2.05, 4.69) is 9.97 Å². The minimum atomic E-state index is -0.494. The molecule has 0 atom stereocenters. The second kappa shape index (κ2) is 6.82. The van der Waals surface area contributed by atoms with Crippen LogP contribution in [0.2, 0.25) is 0 Å². The van der Waals surface area contributed by atoms with Crippen LogP contribution in [0.4, 0.5) is 5.69 Å². The SMILES string of the molecule is COc1c(OCc2ccccc2)ccc(-c2ncc[nH]2)c1[N+](=O)[O-].